The fraction of sp³-hybridized carbons (Fsp3) is 0.808. The van der Waals surface area contributed by atoms with E-state index in [4.69, 9.17) is 0 Å². The van der Waals surface area contributed by atoms with Crippen LogP contribution in [0.25, 0.3) is 0 Å². The molecular weight excluding hydrogens is 344 g/mol. The summed E-state index contributed by atoms with van der Waals surface area (Å²) in [5.74, 6) is 2.29. The SMILES string of the molecule is CC/C=C/C=C(/C(=O)O)C1CCC(C2CCC(CCCCCCC)CC2)CC1. The van der Waals surface area contributed by atoms with Crippen LogP contribution in [0, 0.1) is 23.7 Å². The van der Waals surface area contributed by atoms with Crippen LogP contribution >= 0.6 is 0 Å². The predicted octanol–water partition coefficient (Wildman–Crippen LogP) is 7.94. The first-order valence-electron chi connectivity index (χ1n) is 12.3. The van der Waals surface area contributed by atoms with Gasteiger partial charge in [0.1, 0.15) is 0 Å². The van der Waals surface area contributed by atoms with E-state index >= 15 is 0 Å². The zero-order chi connectivity index (χ0) is 20.2. The summed E-state index contributed by atoms with van der Waals surface area (Å²) in [4.78, 5) is 11.7. The lowest BCUT2D eigenvalue weighted by molar-refractivity contribution is -0.133. The molecule has 1 N–H and O–H groups in total. The summed E-state index contributed by atoms with van der Waals surface area (Å²) in [6.45, 7) is 4.37. The molecule has 0 radical (unpaired) electrons. The van der Waals surface area contributed by atoms with E-state index in [9.17, 15) is 9.90 Å². The molecule has 2 rings (SSSR count). The van der Waals surface area contributed by atoms with Crippen molar-refractivity contribution < 1.29 is 9.90 Å². The Balaban J connectivity index is 1.70. The molecule has 2 saturated carbocycles. The van der Waals surface area contributed by atoms with Crippen molar-refractivity contribution in [1.29, 1.82) is 0 Å². The molecular formula is C26H44O2. The fourth-order valence-corrected chi connectivity index (χ4v) is 5.58. The van der Waals surface area contributed by atoms with Crippen molar-refractivity contribution in [1.82, 2.24) is 0 Å². The zero-order valence-corrected chi connectivity index (χ0v) is 18.5. The smallest absolute Gasteiger partial charge is 0.331 e. The van der Waals surface area contributed by atoms with Gasteiger partial charge in [-0.1, -0.05) is 83.4 Å². The molecule has 2 fully saturated rings. The molecule has 0 aromatic carbocycles. The topological polar surface area (TPSA) is 37.3 Å². The second-order valence-electron chi connectivity index (χ2n) is 9.36. The first-order valence-corrected chi connectivity index (χ1v) is 12.3. The molecule has 0 bridgehead atoms. The lowest BCUT2D eigenvalue weighted by Crippen LogP contribution is -2.27. The van der Waals surface area contributed by atoms with Crippen LogP contribution in [-0.2, 0) is 4.79 Å². The molecule has 0 unspecified atom stereocenters. The maximum Gasteiger partial charge on any atom is 0.331 e. The third-order valence-corrected chi connectivity index (χ3v) is 7.38. The standard InChI is InChI=1S/C26H44O2/c1-3-5-7-8-10-11-21-13-15-22(16-14-21)23-17-19-24(20-18-23)25(26(27)28)12-9-6-4-2/h6,9,12,21-24H,3-5,7-8,10-11,13-20H2,1-2H3,(H,27,28)/b9-6+,25-12+. The quantitative estimate of drug-likeness (QED) is 0.221. The number of carboxylic acids is 1. The molecule has 2 heteroatoms. The Hall–Kier alpha value is -1.05. The number of hydrogen-bond donors (Lipinski definition) is 1. The number of aliphatic carboxylic acids is 1. The van der Waals surface area contributed by atoms with Gasteiger partial charge in [0.25, 0.3) is 0 Å². The van der Waals surface area contributed by atoms with Gasteiger partial charge < -0.3 is 5.11 Å². The Kier molecular flexibility index (Phi) is 11.0. The number of carbonyl (C=O) groups is 1. The van der Waals surface area contributed by atoms with Gasteiger partial charge >= 0.3 is 5.97 Å². The highest BCUT2D eigenvalue weighted by atomic mass is 16.4. The first kappa shape index (κ1) is 23.2. The molecule has 2 aliphatic rings. The summed E-state index contributed by atoms with van der Waals surface area (Å²) in [5, 5.41) is 9.58. The molecule has 28 heavy (non-hydrogen) atoms. The summed E-state index contributed by atoms with van der Waals surface area (Å²) in [7, 11) is 0. The van der Waals surface area contributed by atoms with E-state index in [0.717, 1.165) is 37.0 Å². The molecule has 0 spiro atoms. The van der Waals surface area contributed by atoms with Crippen LogP contribution in [0.15, 0.2) is 23.8 Å². The Morgan fingerprint density at radius 3 is 2.04 bits per heavy atom. The van der Waals surface area contributed by atoms with E-state index in [1.54, 1.807) is 0 Å². The van der Waals surface area contributed by atoms with Crippen LogP contribution in [0.5, 0.6) is 0 Å². The van der Waals surface area contributed by atoms with E-state index in [1.165, 1.54) is 77.0 Å². The van der Waals surface area contributed by atoms with E-state index in [-0.39, 0.29) is 5.92 Å². The van der Waals surface area contributed by atoms with Gasteiger partial charge in [-0.25, -0.2) is 4.79 Å². The average Bonchev–Trinajstić information content (AvgIpc) is 2.72. The minimum Gasteiger partial charge on any atom is -0.478 e. The maximum absolute atomic E-state index is 11.7. The van der Waals surface area contributed by atoms with Gasteiger partial charge in [0.15, 0.2) is 0 Å². The zero-order valence-electron chi connectivity index (χ0n) is 18.5. The highest BCUT2D eigenvalue weighted by molar-refractivity contribution is 5.87. The van der Waals surface area contributed by atoms with E-state index in [2.05, 4.69) is 13.8 Å². The third-order valence-electron chi connectivity index (χ3n) is 7.38. The minimum atomic E-state index is -0.719. The maximum atomic E-state index is 11.7. The molecule has 0 amide bonds. The summed E-state index contributed by atoms with van der Waals surface area (Å²) in [5.41, 5.74) is 0.634. The second kappa shape index (κ2) is 13.2. The molecule has 2 aliphatic carbocycles. The van der Waals surface area contributed by atoms with Gasteiger partial charge in [-0.15, -0.1) is 0 Å². The minimum absolute atomic E-state index is 0.259. The lowest BCUT2D eigenvalue weighted by Gasteiger charge is -2.38. The van der Waals surface area contributed by atoms with Gasteiger partial charge in [0.2, 0.25) is 0 Å². The molecule has 2 nitrogen and oxygen atoms in total. The molecule has 0 heterocycles. The van der Waals surface area contributed by atoms with Gasteiger partial charge in [-0.2, -0.15) is 0 Å². The van der Waals surface area contributed by atoms with Crippen molar-refractivity contribution in [2.45, 2.75) is 110 Å². The number of rotatable bonds is 11. The summed E-state index contributed by atoms with van der Waals surface area (Å²) in [6, 6.07) is 0. The molecule has 0 aromatic rings. The molecule has 0 saturated heterocycles. The summed E-state index contributed by atoms with van der Waals surface area (Å²) < 4.78 is 0. The van der Waals surface area contributed by atoms with Crippen molar-refractivity contribution >= 4 is 5.97 Å². The highest BCUT2D eigenvalue weighted by Crippen LogP contribution is 2.43. The van der Waals surface area contributed by atoms with Crippen LogP contribution in [0.4, 0.5) is 0 Å². The number of hydrogen-bond acceptors (Lipinski definition) is 1. The number of carboxylic acid groups (broad SMARTS) is 1. The third kappa shape index (κ3) is 7.76. The van der Waals surface area contributed by atoms with Gasteiger partial charge in [0.05, 0.1) is 0 Å². The Labute approximate surface area is 173 Å². The fourth-order valence-electron chi connectivity index (χ4n) is 5.58. The second-order valence-corrected chi connectivity index (χ2v) is 9.36. The van der Waals surface area contributed by atoms with Gasteiger partial charge in [-0.3, -0.25) is 0 Å². The van der Waals surface area contributed by atoms with Crippen molar-refractivity contribution in [3.63, 3.8) is 0 Å². The van der Waals surface area contributed by atoms with E-state index in [0.29, 0.717) is 5.57 Å². The predicted molar refractivity (Wildman–Crippen MR) is 119 cm³/mol. The summed E-state index contributed by atoms with van der Waals surface area (Å²) >= 11 is 0. The monoisotopic (exact) mass is 388 g/mol. The lowest BCUT2D eigenvalue weighted by atomic mass is 9.67. The Morgan fingerprint density at radius 2 is 1.46 bits per heavy atom. The highest BCUT2D eigenvalue weighted by Gasteiger charge is 2.32. The number of unbranched alkanes of at least 4 members (excludes halogenated alkanes) is 4. The Bertz CT molecular complexity index is 489. The van der Waals surface area contributed by atoms with E-state index < -0.39 is 5.97 Å². The number of allylic oxidation sites excluding steroid dienone is 3. The Morgan fingerprint density at radius 1 is 0.857 bits per heavy atom. The summed E-state index contributed by atoms with van der Waals surface area (Å²) in [6.07, 6.45) is 25.6. The van der Waals surface area contributed by atoms with Crippen LogP contribution in [0.3, 0.4) is 0 Å². The van der Waals surface area contributed by atoms with Crippen molar-refractivity contribution in [3.05, 3.63) is 23.8 Å². The molecule has 0 atom stereocenters. The van der Waals surface area contributed by atoms with E-state index in [1.807, 2.05) is 18.2 Å². The van der Waals surface area contributed by atoms with Crippen LogP contribution in [0.2, 0.25) is 0 Å². The van der Waals surface area contributed by atoms with Crippen molar-refractivity contribution in [2.75, 3.05) is 0 Å². The van der Waals surface area contributed by atoms with Gasteiger partial charge in [-0.05, 0) is 68.6 Å². The van der Waals surface area contributed by atoms with Crippen molar-refractivity contribution in [2.24, 2.45) is 23.7 Å². The van der Waals surface area contributed by atoms with Crippen LogP contribution in [0.1, 0.15) is 110 Å². The van der Waals surface area contributed by atoms with Crippen LogP contribution in [-0.4, -0.2) is 11.1 Å². The largest absolute Gasteiger partial charge is 0.478 e. The first-order chi connectivity index (χ1) is 13.7. The van der Waals surface area contributed by atoms with Gasteiger partial charge in [0, 0.05) is 5.57 Å². The molecule has 0 aliphatic heterocycles. The van der Waals surface area contributed by atoms with Crippen molar-refractivity contribution in [3.8, 4) is 0 Å². The molecule has 0 aromatic heterocycles. The normalized spacial score (nSPS) is 29.3. The molecule has 160 valence electrons. The average molecular weight is 389 g/mol. The van der Waals surface area contributed by atoms with Crippen LogP contribution < -0.4 is 0 Å².